The molecule has 6 rings (SSSR count). The second-order valence-electron chi connectivity index (χ2n) is 8.43. The molecule has 1 fully saturated rings. The van der Waals surface area contributed by atoms with Crippen molar-refractivity contribution in [1.29, 1.82) is 0 Å². The second-order valence-corrected chi connectivity index (χ2v) is 8.43. The normalized spacial score (nSPS) is 33.4. The quantitative estimate of drug-likeness (QED) is 0.523. The molecule has 0 spiro atoms. The van der Waals surface area contributed by atoms with Gasteiger partial charge >= 0.3 is 0 Å². The van der Waals surface area contributed by atoms with Crippen molar-refractivity contribution in [2.75, 3.05) is 7.11 Å². The molecule has 158 valence electrons. The van der Waals surface area contributed by atoms with Gasteiger partial charge in [-0.2, -0.15) is 0 Å². The van der Waals surface area contributed by atoms with Crippen LogP contribution in [0, 0.1) is 0 Å². The Bertz CT molecular complexity index is 1140. The van der Waals surface area contributed by atoms with Gasteiger partial charge in [0.1, 0.15) is 0 Å². The molecule has 0 aromatic heterocycles. The van der Waals surface area contributed by atoms with Gasteiger partial charge in [-0.15, -0.1) is 0 Å². The Balaban J connectivity index is 1.85. The molecule has 2 aromatic rings. The number of ether oxygens (including phenoxy) is 3. The SMILES string of the molecule is COc1ccc2c(c(=O)c1O)C1OC(C)(O)C2C2(C)OCc3c(ccc(O)c3O)C12. The number of rotatable bonds is 1. The third-order valence-corrected chi connectivity index (χ3v) is 6.79. The van der Waals surface area contributed by atoms with E-state index in [1.807, 2.05) is 6.92 Å². The molecular formula is C22H22O8. The van der Waals surface area contributed by atoms with Crippen molar-refractivity contribution in [2.45, 2.75) is 49.8 Å². The van der Waals surface area contributed by atoms with Crippen molar-refractivity contribution < 1.29 is 34.6 Å². The molecular weight excluding hydrogens is 392 g/mol. The summed E-state index contributed by atoms with van der Waals surface area (Å²) >= 11 is 0. The van der Waals surface area contributed by atoms with Gasteiger partial charge in [0.15, 0.2) is 23.0 Å². The van der Waals surface area contributed by atoms with Crippen LogP contribution < -0.4 is 10.2 Å². The molecule has 1 saturated heterocycles. The zero-order chi connectivity index (χ0) is 21.6. The van der Waals surface area contributed by atoms with Crippen molar-refractivity contribution in [2.24, 2.45) is 0 Å². The lowest BCUT2D eigenvalue weighted by Crippen LogP contribution is -2.64. The molecule has 5 unspecified atom stereocenters. The van der Waals surface area contributed by atoms with Gasteiger partial charge in [0.25, 0.3) is 0 Å². The molecule has 2 aromatic carbocycles. The van der Waals surface area contributed by atoms with Gasteiger partial charge in [-0.05, 0) is 37.1 Å². The predicted octanol–water partition coefficient (Wildman–Crippen LogP) is 2.12. The van der Waals surface area contributed by atoms with E-state index in [4.69, 9.17) is 14.2 Å². The van der Waals surface area contributed by atoms with Crippen LogP contribution in [0.2, 0.25) is 0 Å². The second kappa shape index (κ2) is 5.87. The Kier molecular flexibility index (Phi) is 3.75. The highest BCUT2D eigenvalue weighted by Crippen LogP contribution is 2.66. The summed E-state index contributed by atoms with van der Waals surface area (Å²) in [6.07, 6.45) is -0.955. The van der Waals surface area contributed by atoms with Gasteiger partial charge < -0.3 is 34.6 Å². The maximum absolute atomic E-state index is 13.2. The highest BCUT2D eigenvalue weighted by atomic mass is 16.6. The first-order valence-corrected chi connectivity index (χ1v) is 9.63. The average Bonchev–Trinajstić information content (AvgIpc) is 2.80. The number of hydrogen-bond donors (Lipinski definition) is 4. The van der Waals surface area contributed by atoms with Crippen LogP contribution in [-0.2, 0) is 16.1 Å². The maximum Gasteiger partial charge on any atom is 0.230 e. The van der Waals surface area contributed by atoms with Crippen LogP contribution in [0.15, 0.2) is 29.1 Å². The largest absolute Gasteiger partial charge is 0.504 e. The van der Waals surface area contributed by atoms with Crippen LogP contribution >= 0.6 is 0 Å². The maximum atomic E-state index is 13.2. The van der Waals surface area contributed by atoms with Crippen LogP contribution in [0.3, 0.4) is 0 Å². The zero-order valence-electron chi connectivity index (χ0n) is 16.7. The molecule has 2 bridgehead atoms. The highest BCUT2D eigenvalue weighted by molar-refractivity contribution is 5.57. The van der Waals surface area contributed by atoms with Gasteiger partial charge in [-0.1, -0.05) is 12.1 Å². The molecule has 4 aliphatic rings. The van der Waals surface area contributed by atoms with Crippen molar-refractivity contribution in [3.8, 4) is 23.0 Å². The molecule has 8 nitrogen and oxygen atoms in total. The van der Waals surface area contributed by atoms with E-state index in [1.54, 1.807) is 12.1 Å². The van der Waals surface area contributed by atoms with Gasteiger partial charge in [-0.3, -0.25) is 4.79 Å². The van der Waals surface area contributed by atoms with E-state index in [0.29, 0.717) is 16.7 Å². The Morgan fingerprint density at radius 2 is 1.77 bits per heavy atom. The monoisotopic (exact) mass is 414 g/mol. The summed E-state index contributed by atoms with van der Waals surface area (Å²) in [4.78, 5) is 13.2. The molecule has 1 aliphatic carbocycles. The number of methoxy groups -OCH3 is 1. The lowest BCUT2D eigenvalue weighted by molar-refractivity contribution is -0.328. The highest BCUT2D eigenvalue weighted by Gasteiger charge is 2.66. The van der Waals surface area contributed by atoms with E-state index in [-0.39, 0.29) is 29.4 Å². The van der Waals surface area contributed by atoms with Crippen molar-refractivity contribution in [3.05, 3.63) is 56.7 Å². The van der Waals surface area contributed by atoms with E-state index in [2.05, 4.69) is 0 Å². The van der Waals surface area contributed by atoms with Crippen LogP contribution in [0.4, 0.5) is 0 Å². The Labute approximate surface area is 171 Å². The molecule has 0 radical (unpaired) electrons. The summed E-state index contributed by atoms with van der Waals surface area (Å²) < 4.78 is 17.3. The standard InChI is InChI=1S/C22H22O8/c1-21-15(9-4-6-12(23)16(24)11(9)8-29-21)19-14-10(20(21)22(2,27)30-19)5-7-13(28-3)17(25)18(14)26/h4-7,15,19-20,23-24,27H,8H2,1-3H3,(H,25,26). The number of phenols is 2. The zero-order valence-corrected chi connectivity index (χ0v) is 16.7. The molecule has 5 atom stereocenters. The Hall–Kier alpha value is -2.81. The first-order valence-electron chi connectivity index (χ1n) is 9.63. The fourth-order valence-corrected chi connectivity index (χ4v) is 5.60. The van der Waals surface area contributed by atoms with Crippen molar-refractivity contribution in [1.82, 2.24) is 0 Å². The number of benzene rings is 1. The van der Waals surface area contributed by atoms with Crippen LogP contribution in [0.25, 0.3) is 0 Å². The lowest BCUT2D eigenvalue weighted by atomic mass is 9.57. The van der Waals surface area contributed by atoms with Gasteiger partial charge in [0.05, 0.1) is 31.3 Å². The minimum absolute atomic E-state index is 0.0189. The fraction of sp³-hybridized carbons (Fsp3) is 0.409. The van der Waals surface area contributed by atoms with Crippen LogP contribution in [0.5, 0.6) is 23.0 Å². The topological polar surface area (TPSA) is 126 Å². The van der Waals surface area contributed by atoms with E-state index in [0.717, 1.165) is 0 Å². The summed E-state index contributed by atoms with van der Waals surface area (Å²) in [7, 11) is 1.35. The number of fused-ring (bicyclic) bond motifs is 2. The Morgan fingerprint density at radius 1 is 1.07 bits per heavy atom. The molecule has 0 saturated carbocycles. The first kappa shape index (κ1) is 19.2. The molecule has 3 heterocycles. The van der Waals surface area contributed by atoms with Gasteiger partial charge in [0, 0.05) is 17.0 Å². The summed E-state index contributed by atoms with van der Waals surface area (Å²) in [5.74, 6) is -4.04. The Morgan fingerprint density at radius 3 is 2.47 bits per heavy atom. The summed E-state index contributed by atoms with van der Waals surface area (Å²) in [5, 5.41) is 41.9. The molecule has 0 amide bonds. The molecule has 8 heteroatoms. The van der Waals surface area contributed by atoms with Gasteiger partial charge in [-0.25, -0.2) is 0 Å². The smallest absolute Gasteiger partial charge is 0.230 e. The molecule has 3 aliphatic heterocycles. The van der Waals surface area contributed by atoms with Crippen LogP contribution in [0.1, 0.15) is 54.0 Å². The lowest BCUT2D eigenvalue weighted by Gasteiger charge is -2.61. The third-order valence-electron chi connectivity index (χ3n) is 6.79. The van der Waals surface area contributed by atoms with E-state index in [1.165, 1.54) is 26.2 Å². The van der Waals surface area contributed by atoms with Crippen LogP contribution in [-0.4, -0.2) is 38.9 Å². The van der Waals surface area contributed by atoms with E-state index in [9.17, 15) is 25.2 Å². The predicted molar refractivity (Wildman–Crippen MR) is 104 cm³/mol. The molecule has 30 heavy (non-hydrogen) atoms. The number of aliphatic hydroxyl groups is 1. The number of phenolic OH excluding ortho intramolecular Hbond substituents is 2. The first-order chi connectivity index (χ1) is 14.1. The number of aromatic hydroxyl groups is 3. The van der Waals surface area contributed by atoms with Crippen molar-refractivity contribution in [3.63, 3.8) is 0 Å². The summed E-state index contributed by atoms with van der Waals surface area (Å²) in [6.45, 7) is 3.39. The third kappa shape index (κ3) is 2.18. The minimum Gasteiger partial charge on any atom is -0.504 e. The number of hydrogen-bond acceptors (Lipinski definition) is 8. The van der Waals surface area contributed by atoms with Crippen molar-refractivity contribution >= 4 is 0 Å². The van der Waals surface area contributed by atoms with E-state index < -0.39 is 40.5 Å². The minimum atomic E-state index is -1.64. The molecule has 4 N–H and O–H groups in total. The van der Waals surface area contributed by atoms with Gasteiger partial charge in [0.2, 0.25) is 11.2 Å². The summed E-state index contributed by atoms with van der Waals surface area (Å²) in [6, 6.07) is 6.19. The average molecular weight is 414 g/mol. The van der Waals surface area contributed by atoms with E-state index >= 15 is 0 Å². The summed E-state index contributed by atoms with van der Waals surface area (Å²) in [5.41, 5.74) is 0.190. The fourth-order valence-electron chi connectivity index (χ4n) is 5.60.